The van der Waals surface area contributed by atoms with Crippen LogP contribution < -0.4 is 5.56 Å². The van der Waals surface area contributed by atoms with Crippen LogP contribution >= 0.6 is 11.3 Å². The van der Waals surface area contributed by atoms with Crippen molar-refractivity contribution in [3.05, 3.63) is 49.3 Å². The summed E-state index contributed by atoms with van der Waals surface area (Å²) in [7, 11) is 0. The van der Waals surface area contributed by atoms with Gasteiger partial charge in [0.25, 0.3) is 5.56 Å². The fraction of sp³-hybridized carbons (Fsp3) is 0.400. The highest BCUT2D eigenvalue weighted by Crippen LogP contribution is 2.20. The number of hydrogen-bond donors (Lipinski definition) is 1. The van der Waals surface area contributed by atoms with Gasteiger partial charge in [-0.15, -0.1) is 11.3 Å². The summed E-state index contributed by atoms with van der Waals surface area (Å²) in [6, 6.07) is 1.72. The lowest BCUT2D eigenvalue weighted by molar-refractivity contribution is 0.0693. The number of carboxylic acid groups (broad SMARTS) is 1. The molecule has 0 aromatic carbocycles. The molecule has 21 heavy (non-hydrogen) atoms. The second-order valence-electron chi connectivity index (χ2n) is 5.37. The summed E-state index contributed by atoms with van der Waals surface area (Å²) in [6.07, 6.45) is 0. The van der Waals surface area contributed by atoms with Crippen molar-refractivity contribution in [2.45, 2.75) is 40.2 Å². The molecule has 0 aliphatic carbocycles. The third-order valence-corrected chi connectivity index (χ3v) is 4.50. The molecule has 1 N–H and O–H groups in total. The number of nitrogens with zero attached hydrogens (tertiary/aromatic N) is 2. The topological polar surface area (TPSA) is 72.2 Å². The Hall–Kier alpha value is -1.95. The molecule has 6 heteroatoms. The third-order valence-electron chi connectivity index (χ3n) is 3.30. The number of rotatable bonds is 4. The summed E-state index contributed by atoms with van der Waals surface area (Å²) >= 11 is 1.56. The van der Waals surface area contributed by atoms with E-state index in [1.54, 1.807) is 31.3 Å². The molecule has 2 heterocycles. The lowest BCUT2D eigenvalue weighted by Crippen LogP contribution is -2.29. The van der Waals surface area contributed by atoms with Gasteiger partial charge in [0.15, 0.2) is 0 Å². The predicted octanol–water partition coefficient (Wildman–Crippen LogP) is 2.79. The minimum Gasteiger partial charge on any atom is -0.477 e. The summed E-state index contributed by atoms with van der Waals surface area (Å²) in [4.78, 5) is 28.1. The highest BCUT2D eigenvalue weighted by Gasteiger charge is 2.17. The van der Waals surface area contributed by atoms with Crippen LogP contribution in [0.5, 0.6) is 0 Å². The first-order chi connectivity index (χ1) is 9.81. The number of aromatic carboxylic acids is 1. The lowest BCUT2D eigenvalue weighted by atomic mass is 10.1. The van der Waals surface area contributed by atoms with Gasteiger partial charge in [0.05, 0.1) is 17.2 Å². The first-order valence-corrected chi connectivity index (χ1v) is 7.57. The van der Waals surface area contributed by atoms with E-state index >= 15 is 0 Å². The smallest absolute Gasteiger partial charge is 0.341 e. The Morgan fingerprint density at radius 3 is 2.62 bits per heavy atom. The molecule has 112 valence electrons. The van der Waals surface area contributed by atoms with Crippen LogP contribution in [0.1, 0.15) is 52.1 Å². The van der Waals surface area contributed by atoms with Crippen molar-refractivity contribution in [2.75, 3.05) is 0 Å². The molecule has 0 aliphatic heterocycles. The van der Waals surface area contributed by atoms with Crippen LogP contribution in [-0.2, 0) is 6.54 Å². The van der Waals surface area contributed by atoms with Gasteiger partial charge in [-0.1, -0.05) is 13.8 Å². The van der Waals surface area contributed by atoms with E-state index in [1.807, 2.05) is 5.38 Å². The second kappa shape index (κ2) is 5.81. The van der Waals surface area contributed by atoms with E-state index in [-0.39, 0.29) is 5.56 Å². The van der Waals surface area contributed by atoms with E-state index in [9.17, 15) is 14.7 Å². The van der Waals surface area contributed by atoms with E-state index < -0.39 is 11.5 Å². The molecule has 2 aromatic rings. The maximum absolute atomic E-state index is 12.4. The Balaban J connectivity index is 2.46. The predicted molar refractivity (Wildman–Crippen MR) is 82.4 cm³/mol. The van der Waals surface area contributed by atoms with Crippen LogP contribution in [-0.4, -0.2) is 20.6 Å². The van der Waals surface area contributed by atoms with E-state index in [1.165, 1.54) is 4.57 Å². The Morgan fingerprint density at radius 1 is 1.43 bits per heavy atom. The molecule has 2 rings (SSSR count). The van der Waals surface area contributed by atoms with E-state index in [0.29, 0.717) is 18.0 Å². The number of thiazole rings is 1. The quantitative estimate of drug-likeness (QED) is 0.942. The van der Waals surface area contributed by atoms with E-state index in [0.717, 1.165) is 16.4 Å². The number of hydrogen-bond acceptors (Lipinski definition) is 4. The van der Waals surface area contributed by atoms with Gasteiger partial charge in [-0.2, -0.15) is 0 Å². The minimum absolute atomic E-state index is 0.167. The lowest BCUT2D eigenvalue weighted by Gasteiger charge is -2.11. The molecule has 0 unspecified atom stereocenters. The third kappa shape index (κ3) is 3.05. The summed E-state index contributed by atoms with van der Waals surface area (Å²) in [5, 5.41) is 12.1. The van der Waals surface area contributed by atoms with Crippen molar-refractivity contribution < 1.29 is 9.90 Å². The van der Waals surface area contributed by atoms with E-state index in [4.69, 9.17) is 0 Å². The molecule has 0 saturated heterocycles. The van der Waals surface area contributed by atoms with Crippen molar-refractivity contribution in [1.82, 2.24) is 9.55 Å². The Morgan fingerprint density at radius 2 is 2.10 bits per heavy atom. The number of pyridine rings is 1. The monoisotopic (exact) mass is 306 g/mol. The molecule has 0 atom stereocenters. The van der Waals surface area contributed by atoms with Crippen molar-refractivity contribution in [2.24, 2.45) is 0 Å². The molecule has 0 aliphatic rings. The molecule has 0 bridgehead atoms. The molecule has 5 nitrogen and oxygen atoms in total. The molecule has 0 amide bonds. The maximum atomic E-state index is 12.4. The fourth-order valence-electron chi connectivity index (χ4n) is 2.21. The van der Waals surface area contributed by atoms with Crippen LogP contribution in [0.15, 0.2) is 16.2 Å². The highest BCUT2D eigenvalue weighted by molar-refractivity contribution is 7.09. The number of aryl methyl sites for hydroxylation is 2. The Bertz CT molecular complexity index is 744. The fourth-order valence-corrected chi connectivity index (χ4v) is 3.03. The first-order valence-electron chi connectivity index (χ1n) is 6.70. The van der Waals surface area contributed by atoms with Gasteiger partial charge in [0, 0.05) is 17.0 Å². The number of aromatic nitrogens is 2. The van der Waals surface area contributed by atoms with Crippen LogP contribution in [0.2, 0.25) is 0 Å². The minimum atomic E-state index is -1.19. The highest BCUT2D eigenvalue weighted by atomic mass is 32.1. The van der Waals surface area contributed by atoms with Gasteiger partial charge in [-0.3, -0.25) is 4.79 Å². The van der Waals surface area contributed by atoms with Crippen LogP contribution in [0, 0.1) is 13.8 Å². The van der Waals surface area contributed by atoms with Gasteiger partial charge < -0.3 is 9.67 Å². The van der Waals surface area contributed by atoms with Crippen LogP contribution in [0.4, 0.5) is 0 Å². The van der Waals surface area contributed by atoms with Crippen LogP contribution in [0.25, 0.3) is 0 Å². The zero-order valence-electron chi connectivity index (χ0n) is 12.5. The van der Waals surface area contributed by atoms with Gasteiger partial charge in [0.1, 0.15) is 5.56 Å². The van der Waals surface area contributed by atoms with E-state index in [2.05, 4.69) is 18.8 Å². The largest absolute Gasteiger partial charge is 0.477 e. The Kier molecular flexibility index (Phi) is 4.27. The maximum Gasteiger partial charge on any atom is 0.341 e. The van der Waals surface area contributed by atoms with Gasteiger partial charge in [0.2, 0.25) is 0 Å². The molecule has 2 aromatic heterocycles. The number of carboxylic acids is 1. The van der Waals surface area contributed by atoms with Crippen molar-refractivity contribution in [3.8, 4) is 0 Å². The van der Waals surface area contributed by atoms with Crippen LogP contribution in [0.3, 0.4) is 0 Å². The molecular weight excluding hydrogens is 288 g/mol. The summed E-state index contributed by atoms with van der Waals surface area (Å²) < 4.78 is 1.47. The van der Waals surface area contributed by atoms with Crippen molar-refractivity contribution >= 4 is 17.3 Å². The van der Waals surface area contributed by atoms with Crippen molar-refractivity contribution in [3.63, 3.8) is 0 Å². The molecular formula is C15H18N2O3S. The molecule has 0 saturated carbocycles. The first kappa shape index (κ1) is 15.4. The second-order valence-corrected chi connectivity index (χ2v) is 6.26. The zero-order valence-corrected chi connectivity index (χ0v) is 13.3. The van der Waals surface area contributed by atoms with Crippen molar-refractivity contribution in [1.29, 1.82) is 0 Å². The van der Waals surface area contributed by atoms with Gasteiger partial charge >= 0.3 is 5.97 Å². The Labute approximate surface area is 126 Å². The summed E-state index contributed by atoms with van der Waals surface area (Å²) in [5.74, 6) is -0.846. The summed E-state index contributed by atoms with van der Waals surface area (Å²) in [6.45, 7) is 7.87. The molecule has 0 spiro atoms. The molecule has 0 radical (unpaired) electrons. The zero-order chi connectivity index (χ0) is 15.7. The average Bonchev–Trinajstić information content (AvgIpc) is 2.82. The summed E-state index contributed by atoms with van der Waals surface area (Å²) in [5.41, 5.74) is 1.37. The normalized spacial score (nSPS) is 11.1. The SMILES string of the molecule is Cc1cc(C)n(Cc2csc(C(C)C)n2)c(=O)c1C(=O)O. The van der Waals surface area contributed by atoms with Gasteiger partial charge in [-0.25, -0.2) is 9.78 Å². The molecule has 0 fully saturated rings. The standard InChI is InChI=1S/C15H18N2O3S/c1-8(2)13-16-11(7-21-13)6-17-10(4)5-9(3)12(14(17)18)15(19)20/h5,7-8H,6H2,1-4H3,(H,19,20). The van der Waals surface area contributed by atoms with Gasteiger partial charge in [-0.05, 0) is 25.5 Å². The average molecular weight is 306 g/mol. The number of carbonyl (C=O) groups is 1.